The van der Waals surface area contributed by atoms with Crippen LogP contribution < -0.4 is 4.90 Å². The van der Waals surface area contributed by atoms with Crippen molar-refractivity contribution in [3.05, 3.63) is 29.0 Å². The molecule has 0 aliphatic carbocycles. The Morgan fingerprint density at radius 3 is 2.39 bits per heavy atom. The van der Waals surface area contributed by atoms with Crippen molar-refractivity contribution in [1.82, 2.24) is 0 Å². The average Bonchev–Trinajstić information content (AvgIpc) is 2.18. The number of hydrogen-bond donors (Lipinski definition) is 0. The summed E-state index contributed by atoms with van der Waals surface area (Å²) in [5.74, 6) is -0.600. The molecule has 18 heavy (non-hydrogen) atoms. The molecule has 6 heteroatoms. The fourth-order valence-electron chi connectivity index (χ4n) is 1.63. The molecule has 0 unspecified atom stereocenters. The molecule has 1 aromatic carbocycles. The number of hydrogen-bond acceptors (Lipinski definition) is 1. The van der Waals surface area contributed by atoms with Gasteiger partial charge in [-0.3, -0.25) is 0 Å². The van der Waals surface area contributed by atoms with Gasteiger partial charge in [0.2, 0.25) is 0 Å². The van der Waals surface area contributed by atoms with Gasteiger partial charge < -0.3 is 4.90 Å². The van der Waals surface area contributed by atoms with Gasteiger partial charge in [-0.05, 0) is 24.1 Å². The maximum Gasteiger partial charge on any atom is 0.405 e. The molecule has 0 N–H and O–H groups in total. The van der Waals surface area contributed by atoms with Gasteiger partial charge in [-0.25, -0.2) is 4.39 Å². The van der Waals surface area contributed by atoms with E-state index >= 15 is 0 Å². The van der Waals surface area contributed by atoms with Gasteiger partial charge >= 0.3 is 6.18 Å². The van der Waals surface area contributed by atoms with E-state index in [1.54, 1.807) is 13.8 Å². The average molecular weight is 284 g/mol. The largest absolute Gasteiger partial charge is 0.405 e. The summed E-state index contributed by atoms with van der Waals surface area (Å²) in [4.78, 5) is 1.05. The Morgan fingerprint density at radius 2 is 1.89 bits per heavy atom. The van der Waals surface area contributed by atoms with Crippen LogP contribution in [-0.2, 0) is 0 Å². The number of nitrogens with zero attached hydrogens (tertiary/aromatic N) is 1. The number of halogens is 5. The molecule has 1 nitrogen and oxygen atoms in total. The highest BCUT2D eigenvalue weighted by Gasteiger charge is 2.31. The normalized spacial score (nSPS) is 12.0. The molecule has 0 aromatic heterocycles. The first-order valence-corrected chi connectivity index (χ1v) is 5.83. The van der Waals surface area contributed by atoms with Crippen LogP contribution in [0.15, 0.2) is 18.2 Å². The van der Waals surface area contributed by atoms with E-state index in [9.17, 15) is 17.6 Å². The number of benzene rings is 1. The Kier molecular flexibility index (Phi) is 4.85. The smallest absolute Gasteiger partial charge is 0.361 e. The van der Waals surface area contributed by atoms with Crippen molar-refractivity contribution in [2.45, 2.75) is 20.0 Å². The van der Waals surface area contributed by atoms with Crippen LogP contribution in [0, 0.1) is 11.7 Å². The Bertz CT molecular complexity index is 404. The lowest BCUT2D eigenvalue weighted by atomic mass is 10.2. The lowest BCUT2D eigenvalue weighted by Crippen LogP contribution is -2.37. The van der Waals surface area contributed by atoms with Crippen molar-refractivity contribution in [3.8, 4) is 0 Å². The monoisotopic (exact) mass is 283 g/mol. The Hall–Kier alpha value is -0.970. The quantitative estimate of drug-likeness (QED) is 0.735. The summed E-state index contributed by atoms with van der Waals surface area (Å²) in [6, 6.07) is 3.40. The van der Waals surface area contributed by atoms with Gasteiger partial charge in [0.1, 0.15) is 12.4 Å². The van der Waals surface area contributed by atoms with Crippen LogP contribution in [0.2, 0.25) is 5.02 Å². The number of alkyl halides is 3. The highest BCUT2D eigenvalue weighted by Crippen LogP contribution is 2.30. The first kappa shape index (κ1) is 15.1. The van der Waals surface area contributed by atoms with Crippen LogP contribution in [0.25, 0.3) is 0 Å². The molecular weight excluding hydrogens is 270 g/mol. The second kappa shape index (κ2) is 5.78. The third-order valence-electron chi connectivity index (χ3n) is 2.20. The minimum Gasteiger partial charge on any atom is -0.361 e. The molecule has 0 atom stereocenters. The van der Waals surface area contributed by atoms with Crippen molar-refractivity contribution in [2.24, 2.45) is 5.92 Å². The lowest BCUT2D eigenvalue weighted by Gasteiger charge is -2.28. The van der Waals surface area contributed by atoms with Crippen molar-refractivity contribution < 1.29 is 17.6 Å². The summed E-state index contributed by atoms with van der Waals surface area (Å²) in [5, 5.41) is 0.112. The predicted octanol–water partition coefficient (Wildman–Crippen LogP) is 4.50. The van der Waals surface area contributed by atoms with E-state index in [0.29, 0.717) is 0 Å². The summed E-state index contributed by atoms with van der Waals surface area (Å²) < 4.78 is 50.6. The SMILES string of the molecule is CC(C)CN(CC(F)(F)F)c1cc(F)ccc1Cl. The third-order valence-corrected chi connectivity index (χ3v) is 2.52. The molecule has 0 aliphatic heterocycles. The fraction of sp³-hybridized carbons (Fsp3) is 0.500. The van der Waals surface area contributed by atoms with Gasteiger partial charge in [0.15, 0.2) is 0 Å². The molecule has 0 saturated heterocycles. The summed E-state index contributed by atoms with van der Waals surface area (Å²) in [6.45, 7) is 2.59. The highest BCUT2D eigenvalue weighted by molar-refractivity contribution is 6.33. The maximum absolute atomic E-state index is 13.1. The lowest BCUT2D eigenvalue weighted by molar-refractivity contribution is -0.119. The van der Waals surface area contributed by atoms with Crippen molar-refractivity contribution in [2.75, 3.05) is 18.0 Å². The standard InChI is InChI=1S/C12H14ClF4N/c1-8(2)6-18(7-12(15,16)17)11-5-9(14)3-4-10(11)13/h3-5,8H,6-7H2,1-2H3. The molecule has 0 amide bonds. The molecular formula is C12H14ClF4N. The molecule has 0 saturated carbocycles. The Labute approximate surface area is 108 Å². The first-order chi connectivity index (χ1) is 8.19. The van der Waals surface area contributed by atoms with E-state index in [-0.39, 0.29) is 23.2 Å². The minimum absolute atomic E-state index is 0.00619. The topological polar surface area (TPSA) is 3.24 Å². The van der Waals surface area contributed by atoms with E-state index in [1.165, 1.54) is 6.07 Å². The van der Waals surface area contributed by atoms with Gasteiger partial charge in [0, 0.05) is 6.54 Å². The Balaban J connectivity index is 3.04. The molecule has 0 heterocycles. The maximum atomic E-state index is 13.1. The zero-order chi connectivity index (χ0) is 13.9. The zero-order valence-corrected chi connectivity index (χ0v) is 10.8. The minimum atomic E-state index is -4.36. The molecule has 1 rings (SSSR count). The number of anilines is 1. The van der Waals surface area contributed by atoms with E-state index in [4.69, 9.17) is 11.6 Å². The van der Waals surface area contributed by atoms with Crippen LogP contribution in [0.1, 0.15) is 13.8 Å². The summed E-state index contributed by atoms with van der Waals surface area (Å²) in [6.07, 6.45) is -4.36. The Morgan fingerprint density at radius 1 is 1.28 bits per heavy atom. The molecule has 102 valence electrons. The molecule has 0 radical (unpaired) electrons. The number of rotatable bonds is 4. The van der Waals surface area contributed by atoms with Crippen LogP contribution in [-0.4, -0.2) is 19.3 Å². The fourth-order valence-corrected chi connectivity index (χ4v) is 1.87. The van der Waals surface area contributed by atoms with Gasteiger partial charge in [0.25, 0.3) is 0 Å². The molecule has 0 fully saturated rings. The molecule has 1 aromatic rings. The van der Waals surface area contributed by atoms with Crippen molar-refractivity contribution >= 4 is 17.3 Å². The second-order valence-corrected chi connectivity index (χ2v) is 4.89. The van der Waals surface area contributed by atoms with E-state index in [1.807, 2.05) is 0 Å². The molecule has 0 bridgehead atoms. The van der Waals surface area contributed by atoms with Crippen molar-refractivity contribution in [1.29, 1.82) is 0 Å². The van der Waals surface area contributed by atoms with Crippen LogP contribution in [0.5, 0.6) is 0 Å². The van der Waals surface area contributed by atoms with Crippen LogP contribution in [0.4, 0.5) is 23.2 Å². The summed E-state index contributed by atoms with van der Waals surface area (Å²) in [7, 11) is 0. The first-order valence-electron chi connectivity index (χ1n) is 5.46. The van der Waals surface area contributed by atoms with Gasteiger partial charge in [-0.2, -0.15) is 13.2 Å². The summed E-state index contributed by atoms with van der Waals surface area (Å²) >= 11 is 5.83. The van der Waals surface area contributed by atoms with Gasteiger partial charge in [-0.15, -0.1) is 0 Å². The van der Waals surface area contributed by atoms with E-state index < -0.39 is 18.5 Å². The zero-order valence-electron chi connectivity index (χ0n) is 10.1. The summed E-state index contributed by atoms with van der Waals surface area (Å²) in [5.41, 5.74) is 0.0719. The van der Waals surface area contributed by atoms with E-state index in [0.717, 1.165) is 17.0 Å². The van der Waals surface area contributed by atoms with Crippen molar-refractivity contribution in [3.63, 3.8) is 0 Å². The molecule has 0 aliphatic rings. The van der Waals surface area contributed by atoms with Gasteiger partial charge in [-0.1, -0.05) is 25.4 Å². The second-order valence-electron chi connectivity index (χ2n) is 4.49. The highest BCUT2D eigenvalue weighted by atomic mass is 35.5. The van der Waals surface area contributed by atoms with Crippen LogP contribution in [0.3, 0.4) is 0 Å². The van der Waals surface area contributed by atoms with Crippen LogP contribution >= 0.6 is 11.6 Å². The van der Waals surface area contributed by atoms with Gasteiger partial charge in [0.05, 0.1) is 10.7 Å². The van der Waals surface area contributed by atoms with E-state index in [2.05, 4.69) is 0 Å². The predicted molar refractivity (Wildman–Crippen MR) is 64.5 cm³/mol. The molecule has 0 spiro atoms. The third kappa shape index (κ3) is 4.72.